The molecule has 2 fully saturated rings. The molecule has 0 unspecified atom stereocenters. The molecular formula is C16H23NO. The van der Waals surface area contributed by atoms with Crippen LogP contribution < -0.4 is 10.1 Å². The molecule has 1 aromatic carbocycles. The number of nitrogens with one attached hydrogen (secondary N) is 1. The van der Waals surface area contributed by atoms with Gasteiger partial charge in [-0.15, -0.1) is 0 Å². The number of rotatable bonds is 5. The van der Waals surface area contributed by atoms with Crippen molar-refractivity contribution >= 4 is 0 Å². The van der Waals surface area contributed by atoms with Crippen molar-refractivity contribution < 1.29 is 4.74 Å². The van der Waals surface area contributed by atoms with E-state index in [0.29, 0.717) is 0 Å². The summed E-state index contributed by atoms with van der Waals surface area (Å²) in [6.07, 6.45) is 6.90. The van der Waals surface area contributed by atoms with Crippen LogP contribution in [0.15, 0.2) is 24.3 Å². The molecule has 0 heterocycles. The van der Waals surface area contributed by atoms with Gasteiger partial charge in [0.05, 0.1) is 7.11 Å². The van der Waals surface area contributed by atoms with Crippen LogP contribution in [0.25, 0.3) is 0 Å². The number of ether oxygens (including phenoxy) is 1. The first-order chi connectivity index (χ1) is 8.86. The van der Waals surface area contributed by atoms with Crippen LogP contribution >= 0.6 is 0 Å². The molecule has 2 heteroatoms. The van der Waals surface area contributed by atoms with Gasteiger partial charge < -0.3 is 10.1 Å². The second-order valence-corrected chi connectivity index (χ2v) is 5.80. The largest absolute Gasteiger partial charge is 0.496 e. The van der Waals surface area contributed by atoms with Crippen LogP contribution in [-0.4, -0.2) is 19.7 Å². The Morgan fingerprint density at radius 1 is 1.22 bits per heavy atom. The fourth-order valence-corrected chi connectivity index (χ4v) is 3.80. The van der Waals surface area contributed by atoms with E-state index >= 15 is 0 Å². The molecule has 3 rings (SSSR count). The molecule has 2 saturated carbocycles. The van der Waals surface area contributed by atoms with Crippen molar-refractivity contribution in [2.75, 3.05) is 13.7 Å². The minimum absolute atomic E-state index is 0.790. The fourth-order valence-electron chi connectivity index (χ4n) is 3.80. The van der Waals surface area contributed by atoms with E-state index in [1.807, 2.05) is 12.1 Å². The van der Waals surface area contributed by atoms with Gasteiger partial charge in [-0.3, -0.25) is 0 Å². The van der Waals surface area contributed by atoms with Crippen molar-refractivity contribution in [3.05, 3.63) is 29.8 Å². The number of hydrogen-bond acceptors (Lipinski definition) is 2. The van der Waals surface area contributed by atoms with Gasteiger partial charge >= 0.3 is 0 Å². The summed E-state index contributed by atoms with van der Waals surface area (Å²) < 4.78 is 5.39. The SMILES string of the molecule is COc1ccccc1CCN[C@@H]1C[C@H]2CC[C@H]1C2. The van der Waals surface area contributed by atoms with Gasteiger partial charge in [0.1, 0.15) is 5.75 Å². The van der Waals surface area contributed by atoms with Gasteiger partial charge in [0.2, 0.25) is 0 Å². The van der Waals surface area contributed by atoms with Crippen LogP contribution in [0.4, 0.5) is 0 Å². The zero-order chi connectivity index (χ0) is 12.4. The highest BCUT2D eigenvalue weighted by Gasteiger charge is 2.38. The van der Waals surface area contributed by atoms with E-state index in [9.17, 15) is 0 Å². The average molecular weight is 245 g/mol. The van der Waals surface area contributed by atoms with Gasteiger partial charge in [-0.2, -0.15) is 0 Å². The summed E-state index contributed by atoms with van der Waals surface area (Å²) in [5.74, 6) is 3.01. The lowest BCUT2D eigenvalue weighted by Gasteiger charge is -2.23. The maximum absolute atomic E-state index is 5.39. The molecule has 0 spiro atoms. The molecule has 0 aromatic heterocycles. The molecule has 2 aliphatic rings. The smallest absolute Gasteiger partial charge is 0.122 e. The van der Waals surface area contributed by atoms with Crippen molar-refractivity contribution in [2.45, 2.75) is 38.1 Å². The highest BCUT2D eigenvalue weighted by molar-refractivity contribution is 5.33. The van der Waals surface area contributed by atoms with Gasteiger partial charge in [0.15, 0.2) is 0 Å². The molecule has 1 aromatic rings. The van der Waals surface area contributed by atoms with Crippen LogP contribution in [-0.2, 0) is 6.42 Å². The molecule has 0 saturated heterocycles. The standard InChI is InChI=1S/C16H23NO/c1-18-16-5-3-2-4-13(16)8-9-17-15-11-12-6-7-14(15)10-12/h2-5,12,14-15,17H,6-11H2,1H3/t12-,14-,15+/m0/s1. The predicted molar refractivity (Wildman–Crippen MR) is 73.9 cm³/mol. The molecule has 0 aliphatic heterocycles. The topological polar surface area (TPSA) is 21.3 Å². The molecule has 0 radical (unpaired) electrons. The molecule has 2 nitrogen and oxygen atoms in total. The Bertz CT molecular complexity index is 404. The molecule has 18 heavy (non-hydrogen) atoms. The summed E-state index contributed by atoms with van der Waals surface area (Å²) >= 11 is 0. The van der Waals surface area contributed by atoms with Crippen molar-refractivity contribution in [3.8, 4) is 5.75 Å². The van der Waals surface area contributed by atoms with E-state index in [0.717, 1.165) is 36.6 Å². The van der Waals surface area contributed by atoms with E-state index in [1.54, 1.807) is 7.11 Å². The molecule has 1 N–H and O–H groups in total. The Morgan fingerprint density at radius 2 is 2.11 bits per heavy atom. The van der Waals surface area contributed by atoms with Crippen molar-refractivity contribution in [2.24, 2.45) is 11.8 Å². The number of hydrogen-bond donors (Lipinski definition) is 1. The van der Waals surface area contributed by atoms with E-state index < -0.39 is 0 Å². The van der Waals surface area contributed by atoms with Crippen molar-refractivity contribution in [1.82, 2.24) is 5.32 Å². The first-order valence-electron chi connectivity index (χ1n) is 7.22. The van der Waals surface area contributed by atoms with Gasteiger partial charge in [0.25, 0.3) is 0 Å². The minimum atomic E-state index is 0.790. The molecule has 2 aliphatic carbocycles. The third-order valence-corrected chi connectivity index (χ3v) is 4.73. The van der Waals surface area contributed by atoms with E-state index in [-0.39, 0.29) is 0 Å². The normalized spacial score (nSPS) is 29.7. The highest BCUT2D eigenvalue weighted by Crippen LogP contribution is 2.44. The van der Waals surface area contributed by atoms with E-state index in [1.165, 1.54) is 31.2 Å². The molecule has 2 bridgehead atoms. The second kappa shape index (κ2) is 5.31. The molecule has 3 atom stereocenters. The second-order valence-electron chi connectivity index (χ2n) is 5.80. The van der Waals surface area contributed by atoms with Gasteiger partial charge in [-0.25, -0.2) is 0 Å². The molecular weight excluding hydrogens is 222 g/mol. The van der Waals surface area contributed by atoms with Gasteiger partial charge in [0, 0.05) is 6.04 Å². The number of para-hydroxylation sites is 1. The maximum atomic E-state index is 5.39. The lowest BCUT2D eigenvalue weighted by atomic mass is 9.95. The summed E-state index contributed by atoms with van der Waals surface area (Å²) in [6, 6.07) is 9.13. The van der Waals surface area contributed by atoms with E-state index in [4.69, 9.17) is 4.74 Å². The summed E-state index contributed by atoms with van der Waals surface area (Å²) in [6.45, 7) is 1.08. The number of benzene rings is 1. The Morgan fingerprint density at radius 3 is 2.83 bits per heavy atom. The van der Waals surface area contributed by atoms with Crippen molar-refractivity contribution in [3.63, 3.8) is 0 Å². The lowest BCUT2D eigenvalue weighted by Crippen LogP contribution is -2.35. The minimum Gasteiger partial charge on any atom is -0.496 e. The Balaban J connectivity index is 1.50. The summed E-state index contributed by atoms with van der Waals surface area (Å²) in [4.78, 5) is 0. The van der Waals surface area contributed by atoms with E-state index in [2.05, 4.69) is 17.4 Å². The van der Waals surface area contributed by atoms with Crippen LogP contribution in [0, 0.1) is 11.8 Å². The number of methoxy groups -OCH3 is 1. The monoisotopic (exact) mass is 245 g/mol. The highest BCUT2D eigenvalue weighted by atomic mass is 16.5. The van der Waals surface area contributed by atoms with Crippen molar-refractivity contribution in [1.29, 1.82) is 0 Å². The first kappa shape index (κ1) is 12.0. The summed E-state index contributed by atoms with van der Waals surface area (Å²) in [5.41, 5.74) is 1.32. The molecule has 98 valence electrons. The Hall–Kier alpha value is -1.02. The Kier molecular flexibility index (Phi) is 3.55. The quantitative estimate of drug-likeness (QED) is 0.861. The van der Waals surface area contributed by atoms with Crippen LogP contribution in [0.1, 0.15) is 31.2 Å². The fraction of sp³-hybridized carbons (Fsp3) is 0.625. The van der Waals surface area contributed by atoms with Crippen LogP contribution in [0.3, 0.4) is 0 Å². The van der Waals surface area contributed by atoms with Gasteiger partial charge in [-0.05, 0) is 55.7 Å². The number of fused-ring (bicyclic) bond motifs is 2. The Labute approximate surface area is 110 Å². The summed E-state index contributed by atoms with van der Waals surface area (Å²) in [7, 11) is 1.75. The average Bonchev–Trinajstić information content (AvgIpc) is 3.02. The third kappa shape index (κ3) is 2.39. The van der Waals surface area contributed by atoms with Gasteiger partial charge in [-0.1, -0.05) is 24.6 Å². The first-order valence-corrected chi connectivity index (χ1v) is 7.22. The predicted octanol–water partition coefficient (Wildman–Crippen LogP) is 3.02. The zero-order valence-electron chi connectivity index (χ0n) is 11.2. The zero-order valence-corrected chi connectivity index (χ0v) is 11.2. The van der Waals surface area contributed by atoms with Crippen LogP contribution in [0.2, 0.25) is 0 Å². The molecule has 0 amide bonds. The summed E-state index contributed by atoms with van der Waals surface area (Å²) in [5, 5.41) is 3.76. The maximum Gasteiger partial charge on any atom is 0.122 e. The van der Waals surface area contributed by atoms with Crippen LogP contribution in [0.5, 0.6) is 5.75 Å². The lowest BCUT2D eigenvalue weighted by molar-refractivity contribution is 0.352. The third-order valence-electron chi connectivity index (χ3n) is 4.73.